The Labute approximate surface area is 122 Å². The van der Waals surface area contributed by atoms with Crippen molar-refractivity contribution >= 4 is 5.69 Å². The molecule has 110 valence electrons. The third kappa shape index (κ3) is 3.28. The zero-order valence-corrected chi connectivity index (χ0v) is 11.7. The number of hydrogen-bond acceptors (Lipinski definition) is 4. The van der Waals surface area contributed by atoms with Gasteiger partial charge in [0.05, 0.1) is 23.4 Å². The molecule has 0 saturated heterocycles. The van der Waals surface area contributed by atoms with Crippen molar-refractivity contribution in [1.82, 2.24) is 15.3 Å². The molecule has 0 spiro atoms. The molecule has 0 atom stereocenters. The number of aromatic amines is 1. The van der Waals surface area contributed by atoms with Gasteiger partial charge in [-0.1, -0.05) is 12.8 Å². The smallest absolute Gasteiger partial charge is 0.269 e. The average Bonchev–Trinajstić information content (AvgIpc) is 3.17. The molecular formula is C15H18N4O2. The maximum atomic E-state index is 10.6. The number of non-ortho nitro benzene ring substituents is 1. The van der Waals surface area contributed by atoms with Crippen molar-refractivity contribution in [2.45, 2.75) is 38.3 Å². The molecule has 0 unspecified atom stereocenters. The molecule has 0 radical (unpaired) electrons. The van der Waals surface area contributed by atoms with Crippen molar-refractivity contribution in [3.05, 3.63) is 46.4 Å². The lowest BCUT2D eigenvalue weighted by Crippen LogP contribution is -2.25. The molecule has 6 nitrogen and oxygen atoms in total. The fourth-order valence-electron chi connectivity index (χ4n) is 2.73. The second-order valence-corrected chi connectivity index (χ2v) is 5.41. The Morgan fingerprint density at radius 2 is 2.00 bits per heavy atom. The van der Waals surface area contributed by atoms with E-state index < -0.39 is 4.92 Å². The minimum atomic E-state index is -0.395. The lowest BCUT2D eigenvalue weighted by molar-refractivity contribution is -0.384. The third-order valence-electron chi connectivity index (χ3n) is 3.93. The minimum Gasteiger partial charge on any atom is -0.341 e. The molecule has 1 fully saturated rings. The van der Waals surface area contributed by atoms with Gasteiger partial charge in [-0.05, 0) is 25.0 Å². The molecule has 2 aromatic rings. The summed E-state index contributed by atoms with van der Waals surface area (Å²) in [5.41, 5.74) is 1.88. The normalized spacial score (nSPS) is 15.4. The van der Waals surface area contributed by atoms with Crippen molar-refractivity contribution in [2.75, 3.05) is 0 Å². The highest BCUT2D eigenvalue weighted by Gasteiger charge is 2.14. The van der Waals surface area contributed by atoms with Gasteiger partial charge in [0.15, 0.2) is 0 Å². The molecular weight excluding hydrogens is 268 g/mol. The summed E-state index contributed by atoms with van der Waals surface area (Å²) >= 11 is 0. The second kappa shape index (κ2) is 6.05. The largest absolute Gasteiger partial charge is 0.341 e. The number of benzene rings is 1. The van der Waals surface area contributed by atoms with Crippen molar-refractivity contribution in [2.24, 2.45) is 0 Å². The Hall–Kier alpha value is -2.21. The predicted molar refractivity (Wildman–Crippen MR) is 79.8 cm³/mol. The van der Waals surface area contributed by atoms with Crippen LogP contribution in [-0.4, -0.2) is 20.9 Å². The maximum absolute atomic E-state index is 10.6. The molecule has 1 aliphatic carbocycles. The molecule has 1 aliphatic rings. The second-order valence-electron chi connectivity index (χ2n) is 5.41. The van der Waals surface area contributed by atoms with Gasteiger partial charge in [0.1, 0.15) is 5.82 Å². The minimum absolute atomic E-state index is 0.0985. The van der Waals surface area contributed by atoms with Gasteiger partial charge in [-0.2, -0.15) is 0 Å². The highest BCUT2D eigenvalue weighted by atomic mass is 16.6. The Bertz CT molecular complexity index is 615. The molecule has 1 aromatic heterocycles. The molecule has 21 heavy (non-hydrogen) atoms. The Morgan fingerprint density at radius 1 is 1.29 bits per heavy atom. The van der Waals surface area contributed by atoms with E-state index in [4.69, 9.17) is 0 Å². The summed E-state index contributed by atoms with van der Waals surface area (Å²) in [4.78, 5) is 17.9. The Kier molecular flexibility index (Phi) is 3.96. The van der Waals surface area contributed by atoms with Crippen molar-refractivity contribution in [3.8, 4) is 11.3 Å². The van der Waals surface area contributed by atoms with E-state index >= 15 is 0 Å². The molecule has 3 rings (SSSR count). The number of nitrogens with one attached hydrogen (secondary N) is 2. The van der Waals surface area contributed by atoms with Gasteiger partial charge in [-0.15, -0.1) is 0 Å². The van der Waals surface area contributed by atoms with E-state index in [1.807, 2.05) is 0 Å². The molecule has 1 aromatic carbocycles. The number of nitro groups is 1. The van der Waals surface area contributed by atoms with Crippen LogP contribution in [0.25, 0.3) is 11.3 Å². The van der Waals surface area contributed by atoms with Crippen LogP contribution in [0.4, 0.5) is 5.69 Å². The number of imidazole rings is 1. The quantitative estimate of drug-likeness (QED) is 0.653. The van der Waals surface area contributed by atoms with Gasteiger partial charge in [0.25, 0.3) is 5.69 Å². The van der Waals surface area contributed by atoms with Crippen molar-refractivity contribution in [1.29, 1.82) is 0 Å². The summed E-state index contributed by atoms with van der Waals surface area (Å²) in [6.07, 6.45) is 6.88. The van der Waals surface area contributed by atoms with E-state index in [9.17, 15) is 10.1 Å². The maximum Gasteiger partial charge on any atom is 0.269 e. The number of nitrogens with zero attached hydrogens (tertiary/aromatic N) is 2. The van der Waals surface area contributed by atoms with Crippen LogP contribution in [-0.2, 0) is 6.54 Å². The zero-order chi connectivity index (χ0) is 14.7. The molecule has 1 heterocycles. The third-order valence-corrected chi connectivity index (χ3v) is 3.93. The van der Waals surface area contributed by atoms with E-state index in [0.717, 1.165) is 23.6 Å². The fraction of sp³-hybridized carbons (Fsp3) is 0.400. The summed E-state index contributed by atoms with van der Waals surface area (Å²) in [7, 11) is 0. The number of aromatic nitrogens is 2. The van der Waals surface area contributed by atoms with E-state index in [2.05, 4.69) is 15.3 Å². The number of rotatable bonds is 5. The van der Waals surface area contributed by atoms with Crippen LogP contribution in [0.2, 0.25) is 0 Å². The average molecular weight is 286 g/mol. The van der Waals surface area contributed by atoms with Gasteiger partial charge in [-0.3, -0.25) is 10.1 Å². The molecule has 0 aliphatic heterocycles. The lowest BCUT2D eigenvalue weighted by atomic mass is 10.1. The molecule has 2 N–H and O–H groups in total. The standard InChI is InChI=1S/C15H18N4O2/c20-19(21)13-7-5-11(6-8-13)14-9-17-15(18-14)10-16-12-3-1-2-4-12/h5-9,12,16H,1-4,10H2,(H,17,18). The van der Waals surface area contributed by atoms with Crippen molar-refractivity contribution < 1.29 is 4.92 Å². The first-order valence-electron chi connectivity index (χ1n) is 7.24. The number of nitro benzene ring substituents is 1. The van der Waals surface area contributed by atoms with Crippen LogP contribution in [0.1, 0.15) is 31.5 Å². The van der Waals surface area contributed by atoms with Gasteiger partial charge in [0.2, 0.25) is 0 Å². The van der Waals surface area contributed by atoms with Crippen LogP contribution in [0.5, 0.6) is 0 Å². The van der Waals surface area contributed by atoms with Crippen molar-refractivity contribution in [3.63, 3.8) is 0 Å². The van der Waals surface area contributed by atoms with Gasteiger partial charge >= 0.3 is 0 Å². The highest BCUT2D eigenvalue weighted by molar-refractivity contribution is 5.60. The van der Waals surface area contributed by atoms with Crippen LogP contribution < -0.4 is 5.32 Å². The summed E-state index contributed by atoms with van der Waals surface area (Å²) in [5, 5.41) is 14.1. The van der Waals surface area contributed by atoms with Crippen LogP contribution in [0, 0.1) is 10.1 Å². The fourth-order valence-corrected chi connectivity index (χ4v) is 2.73. The zero-order valence-electron chi connectivity index (χ0n) is 11.7. The SMILES string of the molecule is O=[N+]([O-])c1ccc(-c2cnc(CNC3CCCC3)[nH]2)cc1. The van der Waals surface area contributed by atoms with Crippen LogP contribution in [0.3, 0.4) is 0 Å². The van der Waals surface area contributed by atoms with Gasteiger partial charge < -0.3 is 10.3 Å². The Morgan fingerprint density at radius 3 is 2.67 bits per heavy atom. The monoisotopic (exact) mass is 286 g/mol. The van der Waals surface area contributed by atoms with Crippen LogP contribution >= 0.6 is 0 Å². The van der Waals surface area contributed by atoms with E-state index in [1.165, 1.54) is 37.8 Å². The van der Waals surface area contributed by atoms with E-state index in [0.29, 0.717) is 6.04 Å². The summed E-state index contributed by atoms with van der Waals surface area (Å²) in [6.45, 7) is 0.734. The molecule has 0 amide bonds. The highest BCUT2D eigenvalue weighted by Crippen LogP contribution is 2.21. The summed E-state index contributed by atoms with van der Waals surface area (Å²) < 4.78 is 0. The summed E-state index contributed by atoms with van der Waals surface area (Å²) in [5.74, 6) is 0.898. The molecule has 6 heteroatoms. The van der Waals surface area contributed by atoms with E-state index in [1.54, 1.807) is 18.3 Å². The first-order chi connectivity index (χ1) is 10.2. The topological polar surface area (TPSA) is 83.8 Å². The predicted octanol–water partition coefficient (Wildman–Crippen LogP) is 3.02. The van der Waals surface area contributed by atoms with Gasteiger partial charge in [-0.25, -0.2) is 4.98 Å². The first kappa shape index (κ1) is 13.8. The number of hydrogen-bond donors (Lipinski definition) is 2. The van der Waals surface area contributed by atoms with Gasteiger partial charge in [0, 0.05) is 23.7 Å². The number of H-pyrrole nitrogens is 1. The Balaban J connectivity index is 1.64. The molecule has 1 saturated carbocycles. The van der Waals surface area contributed by atoms with Crippen LogP contribution in [0.15, 0.2) is 30.5 Å². The lowest BCUT2D eigenvalue weighted by Gasteiger charge is -2.09. The first-order valence-corrected chi connectivity index (χ1v) is 7.24. The van der Waals surface area contributed by atoms with E-state index in [-0.39, 0.29) is 5.69 Å². The summed E-state index contributed by atoms with van der Waals surface area (Å²) in [6, 6.07) is 7.09. The molecule has 0 bridgehead atoms.